The molecule has 0 radical (unpaired) electrons. The Balaban J connectivity index is 1.35. The summed E-state index contributed by atoms with van der Waals surface area (Å²) in [6, 6.07) is 16.6. The molecule has 0 bridgehead atoms. The van der Waals surface area contributed by atoms with E-state index in [1.807, 2.05) is 37.3 Å². The van der Waals surface area contributed by atoms with E-state index < -0.39 is 5.91 Å². The number of carbonyl (C=O) groups is 1. The lowest BCUT2D eigenvalue weighted by Crippen LogP contribution is -2.12. The Morgan fingerprint density at radius 1 is 1.23 bits per heavy atom. The molecule has 1 amide bonds. The summed E-state index contributed by atoms with van der Waals surface area (Å²) in [5.74, 6) is 0.907. The number of aromatic nitrogens is 3. The van der Waals surface area contributed by atoms with Crippen molar-refractivity contribution in [1.29, 1.82) is 0 Å². The number of ether oxygens (including phenoxy) is 1. The van der Waals surface area contributed by atoms with Crippen LogP contribution in [-0.4, -0.2) is 20.7 Å². The highest BCUT2D eigenvalue weighted by Crippen LogP contribution is 2.28. The summed E-state index contributed by atoms with van der Waals surface area (Å²) in [6.07, 6.45) is 1.57. The lowest BCUT2D eigenvalue weighted by Gasteiger charge is -2.06. The van der Waals surface area contributed by atoms with Crippen molar-refractivity contribution >= 4 is 39.4 Å². The highest BCUT2D eigenvalue weighted by atomic mass is 79.9. The first-order chi connectivity index (χ1) is 15.0. The van der Waals surface area contributed by atoms with Crippen LogP contribution < -0.4 is 10.1 Å². The number of nitrogens with zero attached hydrogens (tertiary/aromatic N) is 3. The number of carbonyl (C=O) groups excluding carboxylic acids is 1. The zero-order valence-corrected chi connectivity index (χ0v) is 18.9. The van der Waals surface area contributed by atoms with Gasteiger partial charge in [-0.15, -0.1) is 5.10 Å². The molecule has 4 aromatic rings. The molecule has 0 saturated carbocycles. The van der Waals surface area contributed by atoms with Crippen LogP contribution in [0.1, 0.15) is 27.4 Å². The van der Waals surface area contributed by atoms with E-state index in [9.17, 15) is 4.79 Å². The second-order valence-corrected chi connectivity index (χ2v) is 8.10. The van der Waals surface area contributed by atoms with Crippen LogP contribution in [0.15, 0.2) is 69.8 Å². The number of hydrogen-bond donors (Lipinski definition) is 1. The monoisotopic (exact) mass is 500 g/mol. The Hall–Kier alpha value is -3.10. The molecular weight excluding hydrogens is 484 g/mol. The fraction of sp³-hybridized carbons (Fsp3) is 0.136. The molecule has 0 unspecified atom stereocenters. The molecule has 2 aromatic heterocycles. The highest BCUT2D eigenvalue weighted by Gasteiger charge is 2.14. The largest absolute Gasteiger partial charge is 0.484 e. The molecule has 0 aliphatic carbocycles. The topological polar surface area (TPSA) is 82.2 Å². The number of amides is 1. The van der Waals surface area contributed by atoms with Crippen molar-refractivity contribution in [2.75, 3.05) is 5.32 Å². The Labute approximate surface area is 192 Å². The Morgan fingerprint density at radius 3 is 2.87 bits per heavy atom. The molecule has 9 heteroatoms. The second-order valence-electron chi connectivity index (χ2n) is 6.78. The molecule has 0 atom stereocenters. The Morgan fingerprint density at radius 2 is 2.06 bits per heavy atom. The van der Waals surface area contributed by atoms with Gasteiger partial charge < -0.3 is 9.15 Å². The zero-order valence-electron chi connectivity index (χ0n) is 16.5. The lowest BCUT2D eigenvalue weighted by atomic mass is 10.1. The number of hydrogen-bond acceptors (Lipinski definition) is 5. The maximum atomic E-state index is 12.5. The predicted molar refractivity (Wildman–Crippen MR) is 120 cm³/mol. The van der Waals surface area contributed by atoms with Gasteiger partial charge in [0.15, 0.2) is 5.76 Å². The van der Waals surface area contributed by atoms with Gasteiger partial charge in [0, 0.05) is 4.47 Å². The third-order valence-electron chi connectivity index (χ3n) is 4.50. The van der Waals surface area contributed by atoms with Crippen molar-refractivity contribution in [3.05, 3.63) is 93.1 Å². The normalized spacial score (nSPS) is 10.8. The first kappa shape index (κ1) is 21.1. The number of nitrogens with one attached hydrogen (secondary N) is 1. The van der Waals surface area contributed by atoms with Crippen molar-refractivity contribution in [2.24, 2.45) is 0 Å². The van der Waals surface area contributed by atoms with Gasteiger partial charge in [-0.3, -0.25) is 10.1 Å². The molecule has 158 valence electrons. The summed E-state index contributed by atoms with van der Waals surface area (Å²) >= 11 is 9.48. The lowest BCUT2D eigenvalue weighted by molar-refractivity contribution is 0.0991. The van der Waals surface area contributed by atoms with Crippen LogP contribution >= 0.6 is 27.5 Å². The van der Waals surface area contributed by atoms with E-state index in [4.69, 9.17) is 20.8 Å². The van der Waals surface area contributed by atoms with Gasteiger partial charge in [0.1, 0.15) is 24.4 Å². The highest BCUT2D eigenvalue weighted by molar-refractivity contribution is 9.10. The summed E-state index contributed by atoms with van der Waals surface area (Å²) in [5.41, 5.74) is 2.30. The van der Waals surface area contributed by atoms with Crippen molar-refractivity contribution in [1.82, 2.24) is 14.8 Å². The van der Waals surface area contributed by atoms with Gasteiger partial charge in [0.05, 0.1) is 11.6 Å². The quantitative estimate of drug-likeness (QED) is 0.363. The predicted octanol–water partition coefficient (Wildman–Crippen LogP) is 5.48. The van der Waals surface area contributed by atoms with Crippen LogP contribution in [0.5, 0.6) is 5.75 Å². The van der Waals surface area contributed by atoms with Gasteiger partial charge in [-0.2, -0.15) is 0 Å². The van der Waals surface area contributed by atoms with E-state index >= 15 is 0 Å². The number of rotatable bonds is 7. The van der Waals surface area contributed by atoms with Gasteiger partial charge in [0.25, 0.3) is 5.91 Å². The van der Waals surface area contributed by atoms with Crippen LogP contribution in [0.4, 0.5) is 5.95 Å². The number of halogens is 2. The standard InChI is InChI=1S/C22H18BrClN4O3/c1-14-4-2-3-5-15(14)11-28-13-25-22(27-28)26-21(29)20-9-7-17(31-20)12-30-19-8-6-16(23)10-18(19)24/h2-10,13H,11-12H2,1H3,(H,26,27,29). The summed E-state index contributed by atoms with van der Waals surface area (Å²) in [6.45, 7) is 2.74. The first-order valence-electron chi connectivity index (χ1n) is 9.40. The number of anilines is 1. The molecule has 0 aliphatic heterocycles. The summed E-state index contributed by atoms with van der Waals surface area (Å²) in [5, 5.41) is 7.42. The molecule has 0 fully saturated rings. The molecule has 1 N–H and O–H groups in total. The van der Waals surface area contributed by atoms with Crippen LogP contribution in [0.3, 0.4) is 0 Å². The smallest absolute Gasteiger partial charge is 0.293 e. The average molecular weight is 502 g/mol. The molecule has 0 spiro atoms. The van der Waals surface area contributed by atoms with Gasteiger partial charge in [-0.1, -0.05) is 51.8 Å². The van der Waals surface area contributed by atoms with Crippen molar-refractivity contribution < 1.29 is 13.9 Å². The fourth-order valence-electron chi connectivity index (χ4n) is 2.87. The first-order valence-corrected chi connectivity index (χ1v) is 10.6. The summed E-state index contributed by atoms with van der Waals surface area (Å²) < 4.78 is 13.7. The van der Waals surface area contributed by atoms with E-state index in [1.54, 1.807) is 35.3 Å². The number of benzene rings is 2. The van der Waals surface area contributed by atoms with E-state index in [1.165, 1.54) is 5.56 Å². The van der Waals surface area contributed by atoms with Gasteiger partial charge in [0.2, 0.25) is 5.95 Å². The van der Waals surface area contributed by atoms with Gasteiger partial charge >= 0.3 is 0 Å². The molecule has 2 aromatic carbocycles. The SMILES string of the molecule is Cc1ccccc1Cn1cnc(NC(=O)c2ccc(COc3ccc(Br)cc3Cl)o2)n1. The van der Waals surface area contributed by atoms with E-state index in [-0.39, 0.29) is 18.3 Å². The van der Waals surface area contributed by atoms with Crippen LogP contribution in [0.25, 0.3) is 0 Å². The molecule has 0 aliphatic rings. The van der Waals surface area contributed by atoms with E-state index in [0.717, 1.165) is 10.0 Å². The molecule has 31 heavy (non-hydrogen) atoms. The molecule has 2 heterocycles. The van der Waals surface area contributed by atoms with Crippen molar-refractivity contribution in [3.8, 4) is 5.75 Å². The van der Waals surface area contributed by atoms with Crippen LogP contribution in [-0.2, 0) is 13.2 Å². The minimum Gasteiger partial charge on any atom is -0.484 e. The fourth-order valence-corrected chi connectivity index (χ4v) is 3.60. The minimum absolute atomic E-state index is 0.135. The molecular formula is C22H18BrClN4O3. The van der Waals surface area contributed by atoms with Crippen molar-refractivity contribution in [3.63, 3.8) is 0 Å². The minimum atomic E-state index is -0.443. The van der Waals surface area contributed by atoms with Gasteiger partial charge in [-0.25, -0.2) is 9.67 Å². The zero-order chi connectivity index (χ0) is 21.8. The summed E-state index contributed by atoms with van der Waals surface area (Å²) in [4.78, 5) is 16.6. The third kappa shape index (κ3) is 5.34. The molecule has 0 saturated heterocycles. The van der Waals surface area contributed by atoms with Crippen LogP contribution in [0.2, 0.25) is 5.02 Å². The summed E-state index contributed by atoms with van der Waals surface area (Å²) in [7, 11) is 0. The van der Waals surface area contributed by atoms with Gasteiger partial charge in [-0.05, 0) is 48.4 Å². The Kier molecular flexibility index (Phi) is 6.39. The number of aryl methyl sites for hydroxylation is 1. The molecule has 7 nitrogen and oxygen atoms in total. The third-order valence-corrected chi connectivity index (χ3v) is 5.29. The van der Waals surface area contributed by atoms with Crippen molar-refractivity contribution in [2.45, 2.75) is 20.1 Å². The average Bonchev–Trinajstić information content (AvgIpc) is 3.39. The Bertz CT molecular complexity index is 1220. The maximum Gasteiger partial charge on any atom is 0.293 e. The maximum absolute atomic E-state index is 12.5. The van der Waals surface area contributed by atoms with E-state index in [2.05, 4.69) is 31.3 Å². The number of furan rings is 1. The van der Waals surface area contributed by atoms with E-state index in [0.29, 0.717) is 23.1 Å². The molecule has 4 rings (SSSR count). The second kappa shape index (κ2) is 9.36. The van der Waals surface area contributed by atoms with Crippen LogP contribution in [0, 0.1) is 6.92 Å².